The SMILES string of the molecule is O=c1[c]cnc(N2CCCC2)[nH]1. The van der Waals surface area contributed by atoms with Crippen LogP contribution in [0.5, 0.6) is 0 Å². The summed E-state index contributed by atoms with van der Waals surface area (Å²) in [5.74, 6) is 0.677. The van der Waals surface area contributed by atoms with Crippen LogP contribution < -0.4 is 10.5 Å². The molecule has 0 spiro atoms. The lowest BCUT2D eigenvalue weighted by atomic mass is 10.4. The first-order chi connectivity index (χ1) is 5.86. The Kier molecular flexibility index (Phi) is 1.81. The fraction of sp³-hybridized carbons (Fsp3) is 0.500. The van der Waals surface area contributed by atoms with Gasteiger partial charge in [-0.25, -0.2) is 4.98 Å². The van der Waals surface area contributed by atoms with Crippen molar-refractivity contribution in [3.05, 3.63) is 22.6 Å². The first-order valence-electron chi connectivity index (χ1n) is 4.08. The number of hydrogen-bond donors (Lipinski definition) is 1. The number of nitrogens with one attached hydrogen (secondary N) is 1. The average molecular weight is 164 g/mol. The van der Waals surface area contributed by atoms with Crippen molar-refractivity contribution in [2.45, 2.75) is 12.8 Å². The second-order valence-electron chi connectivity index (χ2n) is 2.87. The van der Waals surface area contributed by atoms with Gasteiger partial charge in [-0.15, -0.1) is 0 Å². The van der Waals surface area contributed by atoms with Gasteiger partial charge in [-0.05, 0) is 12.8 Å². The van der Waals surface area contributed by atoms with Crippen molar-refractivity contribution in [1.82, 2.24) is 9.97 Å². The molecular formula is C8H10N3O. The van der Waals surface area contributed by atoms with Gasteiger partial charge < -0.3 is 4.90 Å². The predicted molar refractivity (Wildman–Crippen MR) is 45.1 cm³/mol. The van der Waals surface area contributed by atoms with E-state index in [4.69, 9.17) is 0 Å². The quantitative estimate of drug-likeness (QED) is 0.643. The maximum Gasteiger partial charge on any atom is 0.260 e. The largest absolute Gasteiger partial charge is 0.342 e. The van der Waals surface area contributed by atoms with E-state index in [0.29, 0.717) is 5.95 Å². The van der Waals surface area contributed by atoms with E-state index in [-0.39, 0.29) is 5.56 Å². The van der Waals surface area contributed by atoms with E-state index in [1.807, 2.05) is 0 Å². The van der Waals surface area contributed by atoms with Crippen molar-refractivity contribution in [3.8, 4) is 0 Å². The highest BCUT2D eigenvalue weighted by Gasteiger charge is 2.13. The third-order valence-electron chi connectivity index (χ3n) is 2.01. The zero-order valence-electron chi connectivity index (χ0n) is 6.71. The summed E-state index contributed by atoms with van der Waals surface area (Å²) in [5.41, 5.74) is -0.202. The first kappa shape index (κ1) is 7.34. The van der Waals surface area contributed by atoms with Gasteiger partial charge in [-0.2, -0.15) is 0 Å². The third kappa shape index (κ3) is 1.32. The Morgan fingerprint density at radius 3 is 2.92 bits per heavy atom. The Bertz CT molecular complexity index is 314. The van der Waals surface area contributed by atoms with Crippen molar-refractivity contribution in [3.63, 3.8) is 0 Å². The predicted octanol–water partition coefficient (Wildman–Crippen LogP) is 0.170. The van der Waals surface area contributed by atoms with Crippen molar-refractivity contribution in [2.24, 2.45) is 0 Å². The Labute approximate surface area is 70.2 Å². The molecule has 12 heavy (non-hydrogen) atoms. The van der Waals surface area contributed by atoms with Gasteiger partial charge in [0.05, 0.1) is 6.07 Å². The number of H-pyrrole nitrogens is 1. The Morgan fingerprint density at radius 2 is 2.25 bits per heavy atom. The summed E-state index contributed by atoms with van der Waals surface area (Å²) in [7, 11) is 0. The lowest BCUT2D eigenvalue weighted by molar-refractivity contribution is 0.889. The standard InChI is InChI=1S/C8H10N3O/c12-7-3-4-9-8(10-7)11-5-1-2-6-11/h4H,1-2,5-6H2,(H,9,10,12). The molecule has 63 valence electrons. The highest BCUT2D eigenvalue weighted by atomic mass is 16.1. The van der Waals surface area contributed by atoms with Crippen LogP contribution in [-0.4, -0.2) is 23.1 Å². The molecule has 0 atom stereocenters. The number of hydrogen-bond acceptors (Lipinski definition) is 3. The van der Waals surface area contributed by atoms with E-state index >= 15 is 0 Å². The van der Waals surface area contributed by atoms with Gasteiger partial charge in [0.15, 0.2) is 0 Å². The van der Waals surface area contributed by atoms with Crippen LogP contribution in [0.1, 0.15) is 12.8 Å². The lowest BCUT2D eigenvalue weighted by Gasteiger charge is -2.14. The summed E-state index contributed by atoms with van der Waals surface area (Å²) in [4.78, 5) is 19.6. The number of rotatable bonds is 1. The van der Waals surface area contributed by atoms with E-state index in [1.54, 1.807) is 0 Å². The Balaban J connectivity index is 2.27. The normalized spacial score (nSPS) is 16.8. The summed E-state index contributed by atoms with van der Waals surface area (Å²) in [6.07, 6.45) is 3.79. The minimum Gasteiger partial charge on any atom is -0.342 e. The highest BCUT2D eigenvalue weighted by molar-refractivity contribution is 5.29. The second kappa shape index (κ2) is 2.97. The van der Waals surface area contributed by atoms with Gasteiger partial charge in [0.2, 0.25) is 5.95 Å². The second-order valence-corrected chi connectivity index (χ2v) is 2.87. The third-order valence-corrected chi connectivity index (χ3v) is 2.01. The molecule has 1 aromatic rings. The molecule has 4 nitrogen and oxygen atoms in total. The summed E-state index contributed by atoms with van der Waals surface area (Å²) in [5, 5.41) is 0. The molecule has 4 heteroatoms. The number of anilines is 1. The number of aromatic nitrogens is 2. The van der Waals surface area contributed by atoms with E-state index in [0.717, 1.165) is 13.1 Å². The molecule has 1 aliphatic heterocycles. The monoisotopic (exact) mass is 164 g/mol. The maximum absolute atomic E-state index is 10.9. The Hall–Kier alpha value is -1.32. The zero-order valence-corrected chi connectivity index (χ0v) is 6.71. The van der Waals surface area contributed by atoms with E-state index < -0.39 is 0 Å². The van der Waals surface area contributed by atoms with Crippen LogP contribution in [-0.2, 0) is 0 Å². The summed E-state index contributed by atoms with van der Waals surface area (Å²) in [6, 6.07) is 2.45. The van der Waals surface area contributed by atoms with Gasteiger partial charge in [0, 0.05) is 19.3 Å². The minimum atomic E-state index is -0.202. The first-order valence-corrected chi connectivity index (χ1v) is 4.08. The average Bonchev–Trinajstić information content (AvgIpc) is 2.56. The lowest BCUT2D eigenvalue weighted by Crippen LogP contribution is -2.23. The van der Waals surface area contributed by atoms with Crippen LogP contribution in [0.4, 0.5) is 5.95 Å². The van der Waals surface area contributed by atoms with Crippen LogP contribution in [0.3, 0.4) is 0 Å². The van der Waals surface area contributed by atoms with Crippen molar-refractivity contribution in [2.75, 3.05) is 18.0 Å². The summed E-state index contributed by atoms with van der Waals surface area (Å²) >= 11 is 0. The Morgan fingerprint density at radius 1 is 1.50 bits per heavy atom. The molecule has 1 N–H and O–H groups in total. The fourth-order valence-electron chi connectivity index (χ4n) is 1.41. The number of nitrogens with zero attached hydrogens (tertiary/aromatic N) is 2. The zero-order chi connectivity index (χ0) is 8.39. The van der Waals surface area contributed by atoms with Gasteiger partial charge in [0.25, 0.3) is 5.56 Å². The van der Waals surface area contributed by atoms with Gasteiger partial charge >= 0.3 is 0 Å². The van der Waals surface area contributed by atoms with E-state index in [1.165, 1.54) is 19.0 Å². The minimum absolute atomic E-state index is 0.202. The fourth-order valence-corrected chi connectivity index (χ4v) is 1.41. The van der Waals surface area contributed by atoms with Crippen molar-refractivity contribution >= 4 is 5.95 Å². The van der Waals surface area contributed by atoms with Crippen molar-refractivity contribution < 1.29 is 0 Å². The summed E-state index contributed by atoms with van der Waals surface area (Å²) < 4.78 is 0. The molecule has 0 saturated carbocycles. The molecule has 0 unspecified atom stereocenters. The highest BCUT2D eigenvalue weighted by Crippen LogP contribution is 2.12. The van der Waals surface area contributed by atoms with Crippen LogP contribution >= 0.6 is 0 Å². The van der Waals surface area contributed by atoms with Crippen LogP contribution in [0, 0.1) is 6.07 Å². The van der Waals surface area contributed by atoms with Gasteiger partial charge in [-0.3, -0.25) is 9.78 Å². The molecule has 1 radical (unpaired) electrons. The molecule has 1 aliphatic rings. The van der Waals surface area contributed by atoms with Crippen LogP contribution in [0.15, 0.2) is 11.0 Å². The van der Waals surface area contributed by atoms with Crippen molar-refractivity contribution in [1.29, 1.82) is 0 Å². The molecule has 0 amide bonds. The molecule has 1 fully saturated rings. The van der Waals surface area contributed by atoms with Gasteiger partial charge in [0.1, 0.15) is 0 Å². The molecule has 0 aromatic carbocycles. The molecule has 1 aromatic heterocycles. The smallest absolute Gasteiger partial charge is 0.260 e. The van der Waals surface area contributed by atoms with E-state index in [9.17, 15) is 4.79 Å². The molecule has 0 bridgehead atoms. The molecule has 1 saturated heterocycles. The molecule has 2 rings (SSSR count). The maximum atomic E-state index is 10.9. The summed E-state index contributed by atoms with van der Waals surface area (Å²) in [6.45, 7) is 1.99. The molecular weight excluding hydrogens is 154 g/mol. The molecule has 2 heterocycles. The van der Waals surface area contributed by atoms with Crippen LogP contribution in [0.2, 0.25) is 0 Å². The van der Waals surface area contributed by atoms with Gasteiger partial charge in [-0.1, -0.05) is 0 Å². The number of aromatic amines is 1. The van der Waals surface area contributed by atoms with Crippen LogP contribution in [0.25, 0.3) is 0 Å². The topological polar surface area (TPSA) is 49.0 Å². The molecule has 0 aliphatic carbocycles. The van der Waals surface area contributed by atoms with E-state index in [2.05, 4.69) is 20.9 Å².